The number of aromatic hydroxyl groups is 3. The van der Waals surface area contributed by atoms with Gasteiger partial charge in [0.2, 0.25) is 64.5 Å². The fourth-order valence-corrected chi connectivity index (χ4v) is 18.8. The summed E-state index contributed by atoms with van der Waals surface area (Å²) in [5.74, 6) is -17.6. The number of hydrogen-bond acceptors (Lipinski definition) is 36. The minimum Gasteiger partial charge on any atom is -0.508 e. The first-order valence-electron chi connectivity index (χ1n) is 40.0. The second-order valence-electron chi connectivity index (χ2n) is 31.8. The third-order valence-corrected chi connectivity index (χ3v) is 25.9. The normalized spacial score (nSPS) is 27.9. The Morgan fingerprint density at radius 3 is 2.02 bits per heavy atom. The Bertz CT molecular complexity index is 5540. The van der Waals surface area contributed by atoms with E-state index in [9.17, 15) is 94.5 Å². The molecule has 3 saturated heterocycles. The Kier molecular flexibility index (Phi) is 30.9. The molecule has 1 aromatic heterocycles. The number of benzene rings is 5. The van der Waals surface area contributed by atoms with Crippen molar-refractivity contribution in [2.45, 2.75) is 172 Å². The van der Waals surface area contributed by atoms with Gasteiger partial charge in [0.15, 0.2) is 29.9 Å². The summed E-state index contributed by atoms with van der Waals surface area (Å²) in [6.07, 6.45) is -18.6. The van der Waals surface area contributed by atoms with Gasteiger partial charge in [-0.3, -0.25) is 48.1 Å². The number of aliphatic hydroxyl groups is 6. The van der Waals surface area contributed by atoms with Gasteiger partial charge >= 0.3 is 11.9 Å². The molecule has 3 fully saturated rings. The van der Waals surface area contributed by atoms with Crippen molar-refractivity contribution in [3.8, 4) is 63.2 Å². The maximum atomic E-state index is 16.0. The van der Waals surface area contributed by atoms with Crippen molar-refractivity contribution in [2.24, 2.45) is 24.4 Å². The molecule has 1 unspecified atom stereocenters. The zero-order chi connectivity index (χ0) is 95.4. The minimum absolute atomic E-state index is 0.0153. The molecule has 15 rings (SSSR count). The number of likely N-dealkylation sites (N-methyl/N-ethyl adjacent to an activating group) is 1. The number of aromatic nitrogens is 4. The van der Waals surface area contributed by atoms with E-state index in [1.54, 1.807) is 7.05 Å². The number of nitrogens with zero attached hydrogens (tertiary/aromatic N) is 6. The zero-order valence-electron chi connectivity index (χ0n) is 70.2. The van der Waals surface area contributed by atoms with Gasteiger partial charge in [0.1, 0.15) is 101 Å². The van der Waals surface area contributed by atoms with E-state index in [-0.39, 0.29) is 69.2 Å². The number of rotatable bonds is 22. The predicted molar refractivity (Wildman–Crippen MR) is 457 cm³/mol. The topological polar surface area (TPSA) is 694 Å². The lowest BCUT2D eigenvalue weighted by Gasteiger charge is -2.55. The number of amides is 9. The molecule has 0 spiro atoms. The van der Waals surface area contributed by atoms with Crippen LogP contribution in [0.5, 0.6) is 46.0 Å². The summed E-state index contributed by atoms with van der Waals surface area (Å²) < 4.78 is 45.1. The minimum atomic E-state index is -2.35. The number of halogens is 2. The average molecular weight is 1920 g/mol. The fourth-order valence-electron chi connectivity index (χ4n) is 15.5. The highest BCUT2D eigenvalue weighted by Gasteiger charge is 2.67. The molecule has 6 aromatic rings. The van der Waals surface area contributed by atoms with E-state index >= 15 is 14.4 Å². The average Bonchev–Trinajstić information content (AvgIpc) is 0.942. The smallest absolute Gasteiger partial charge is 0.352 e. The van der Waals surface area contributed by atoms with Crippen LogP contribution in [-0.2, 0) is 78.7 Å². The number of aliphatic hydroxyl groups excluding tert-OH is 6. The molecule has 0 saturated carbocycles. The van der Waals surface area contributed by atoms with Gasteiger partial charge in [0, 0.05) is 60.4 Å². The van der Waals surface area contributed by atoms with Crippen LogP contribution < -0.4 is 68.2 Å². The Morgan fingerprint density at radius 2 is 1.44 bits per heavy atom. The van der Waals surface area contributed by atoms with Crippen LogP contribution in [0.1, 0.15) is 105 Å². The lowest BCUT2D eigenvalue weighted by Crippen LogP contribution is -2.80. The molecule has 5 aromatic carbocycles. The number of aliphatic carboxylic acids is 2. The van der Waals surface area contributed by atoms with Crippen molar-refractivity contribution in [1.29, 1.82) is 5.26 Å². The summed E-state index contributed by atoms with van der Waals surface area (Å²) >= 11 is 17.8. The Labute approximate surface area is 766 Å². The van der Waals surface area contributed by atoms with E-state index in [1.807, 2.05) is 19.9 Å². The first kappa shape index (κ1) is 98.6. The molecule has 50 heteroatoms. The lowest BCUT2D eigenvalue weighted by atomic mass is 9.86. The van der Waals surface area contributed by atoms with Gasteiger partial charge in [-0.05, 0) is 126 Å². The number of aryl methyl sites for hydroxylation is 1. The molecular formula is C81H92Cl2N16O29S3. The van der Waals surface area contributed by atoms with E-state index in [2.05, 4.69) is 58.1 Å². The first-order valence-corrected chi connectivity index (χ1v) is 44.0. The number of fused-ring (bicyclic) bond motifs is 16. The number of carboxylic acids is 2. The molecule has 9 amide bonds. The Hall–Kier alpha value is -11.5. The van der Waals surface area contributed by atoms with Gasteiger partial charge in [-0.25, -0.2) is 14.3 Å². The lowest BCUT2D eigenvalue weighted by molar-refractivity contribution is -0.333. The van der Waals surface area contributed by atoms with Crippen LogP contribution in [0.4, 0.5) is 0 Å². The fraction of sp³-hybridized carbons (Fsp3) is 0.444. The quantitative estimate of drug-likeness (QED) is 0.0174. The molecule has 23 N–H and O–H groups in total. The van der Waals surface area contributed by atoms with Gasteiger partial charge in [-0.2, -0.15) is 5.26 Å². The number of carboxylic acid groups (broad SMARTS) is 2. The molecule has 10 heterocycles. The van der Waals surface area contributed by atoms with Crippen LogP contribution >= 0.6 is 58.5 Å². The number of nitrogens with two attached hydrogens (primary N) is 2. The van der Waals surface area contributed by atoms with Crippen molar-refractivity contribution >= 4 is 124 Å². The number of primary amides is 1. The SMILES string of the molecule is CN[C@H](CC(C)C)C(=O)N[C@H]1C(=O)N[C@@H](CC(N)=O)C(=O)N[C@H]2C(=O)N[C@H]3C(=O)N[C@H](C(=O)N[C@@H](C(=O)O)c4cc(O)cc(O)c4-c4cc3ccc4O)[C@H](O)c3ccc(c(Cl)c3)Oc3cc2cc(c3O[C@@H]2O[C@H](CO)[C@@H](O)[C@H](O)[C@H]2O[C@H]2C[C@](C)(N)C(O)[C@H](C)O2)Oc2ccc(cc2Cl)[C@H]1O.CO[C@@]1(NC(=O)CSCC#N)C(=O)N2C(C(=O)O)=C(CSc3nnnn3C)CS[C@@H]21. The number of nitriles is 1. The third-order valence-electron chi connectivity index (χ3n) is 22.1. The van der Waals surface area contributed by atoms with E-state index in [1.165, 1.54) is 68.3 Å². The largest absolute Gasteiger partial charge is 0.508 e. The summed E-state index contributed by atoms with van der Waals surface area (Å²) in [5.41, 5.74) is 6.80. The standard InChI is InChI=1S/C66H75Cl2N9O24.C15H17N7O5S3/c1-23(2)12-34(71-5)58(88)76-49-51(83)26-7-10-38(32(67)14-26)97-40-16-28-17-41(55(40)101-65-56(54(86)53(85)42(22-78)99-65)100-44-21-66(4,70)57(87)24(3)96-44)98-39-11-8-27(15-33(39)68)52(84)50-63(93)75-48(64(94)95)31-18-29(79)19-37(81)45(31)30-13-25(6-9-36(30)80)46(60(90)77-50)74-61(91)47(28)73-59(89)35(20-43(69)82)72-62(49)92;1-21-14(18-19-20-21)30-6-8-5-29-13-15(27-2,17-9(23)7-28-4-3-16)12(26)22(13)10(8)11(24)25/h6-11,13-19,23-24,34-35,42,44,46-54,56-57,65,71,78-81,83-87H,12,20-22,70H2,1-5H3,(H2,69,82)(H,72,92)(H,73,89)(H,74,91)(H,75,93)(H,76,88)(H,77,90)(H,94,95);13H,4-7H2,1-2H3,(H,17,23)(H,24,25)/t24-,34+,35-,42+,44-,46+,47+,48+,49+,50-,51+,52+,53+,54-,56+,57?,65-,66-;13-,15+/m01/s1. The van der Waals surface area contributed by atoms with Gasteiger partial charge in [0.05, 0.1) is 58.9 Å². The summed E-state index contributed by atoms with van der Waals surface area (Å²) in [5, 5.41) is 162. The van der Waals surface area contributed by atoms with Crippen LogP contribution in [0.15, 0.2) is 95.3 Å². The number of hydrogen-bond donors (Lipinski definition) is 21. The summed E-state index contributed by atoms with van der Waals surface area (Å²) in [6, 6.07) is 1.24. The highest BCUT2D eigenvalue weighted by Crippen LogP contribution is 2.52. The number of ether oxygens (including phenoxy) is 7. The Morgan fingerprint density at radius 1 is 0.794 bits per heavy atom. The predicted octanol–water partition coefficient (Wildman–Crippen LogP) is -0.622. The third kappa shape index (κ3) is 21.2. The van der Waals surface area contributed by atoms with Crippen LogP contribution in [0.25, 0.3) is 11.1 Å². The van der Waals surface area contributed by atoms with E-state index in [0.29, 0.717) is 16.5 Å². The molecule has 45 nitrogen and oxygen atoms in total. The van der Waals surface area contributed by atoms with E-state index in [0.717, 1.165) is 83.4 Å². The number of nitrogens with one attached hydrogen (secondary N) is 8. The number of methoxy groups -OCH3 is 1. The monoisotopic (exact) mass is 1920 g/mol. The van der Waals surface area contributed by atoms with Gasteiger partial charge in [0.25, 0.3) is 11.6 Å². The molecule has 131 heavy (non-hydrogen) atoms. The van der Waals surface area contributed by atoms with Crippen LogP contribution in [0, 0.1) is 17.2 Å². The molecule has 9 aliphatic heterocycles. The van der Waals surface area contributed by atoms with Gasteiger partial charge in [-0.1, -0.05) is 67.0 Å². The van der Waals surface area contributed by atoms with Crippen molar-refractivity contribution in [3.63, 3.8) is 0 Å². The van der Waals surface area contributed by atoms with Crippen LogP contribution in [0.3, 0.4) is 0 Å². The van der Waals surface area contributed by atoms with E-state index in [4.69, 9.17) is 73.1 Å². The molecule has 0 aliphatic carbocycles. The van der Waals surface area contributed by atoms with Gasteiger partial charge in [-0.15, -0.1) is 28.6 Å². The number of tetrazole rings is 1. The van der Waals surface area contributed by atoms with Crippen LogP contribution in [-0.4, -0.2) is 280 Å². The number of phenolic OH excluding ortho intramolecular Hbond substituents is 3. The highest BCUT2D eigenvalue weighted by atomic mass is 35.5. The molecule has 0 radical (unpaired) electrons. The maximum Gasteiger partial charge on any atom is 0.352 e. The highest BCUT2D eigenvalue weighted by molar-refractivity contribution is 8.01. The Balaban J connectivity index is 0.000000435. The second-order valence-corrected chi connectivity index (χ2v) is 35.6. The van der Waals surface area contributed by atoms with Crippen molar-refractivity contribution in [1.82, 2.24) is 67.6 Å². The molecule has 20 atom stereocenters. The van der Waals surface area contributed by atoms with Crippen molar-refractivity contribution < 1.29 is 142 Å². The number of phenols is 3. The van der Waals surface area contributed by atoms with Crippen LogP contribution in [0.2, 0.25) is 10.0 Å². The maximum absolute atomic E-state index is 16.0. The number of carbonyl (C=O) groups excluding carboxylic acids is 9. The molecule has 9 aliphatic rings. The first-order chi connectivity index (χ1) is 62.0. The molecular weight excluding hydrogens is 1830 g/mol. The number of thioether (sulfide) groups is 3. The number of β-lactam (4-membered cyclic amide) rings is 1. The van der Waals surface area contributed by atoms with Crippen molar-refractivity contribution in [3.05, 3.63) is 128 Å². The zero-order valence-corrected chi connectivity index (χ0v) is 74.2. The second kappa shape index (κ2) is 41.1. The van der Waals surface area contributed by atoms with Gasteiger partial charge < -0.3 is 143 Å². The van der Waals surface area contributed by atoms with Crippen molar-refractivity contribution in [2.75, 3.05) is 43.8 Å². The van der Waals surface area contributed by atoms with E-state index < -0.39 is 266 Å². The summed E-state index contributed by atoms with van der Waals surface area (Å²) in [6.45, 7) is 5.66. The number of carbonyl (C=O) groups is 11. The molecule has 702 valence electrons. The molecule has 11 bridgehead atoms. The summed E-state index contributed by atoms with van der Waals surface area (Å²) in [7, 11) is 4.43. The summed E-state index contributed by atoms with van der Waals surface area (Å²) in [4.78, 5) is 155.